The summed E-state index contributed by atoms with van der Waals surface area (Å²) in [6.45, 7) is 9.04. The van der Waals surface area contributed by atoms with Crippen LogP contribution < -0.4 is 24.8 Å². The van der Waals surface area contributed by atoms with E-state index in [2.05, 4.69) is 173 Å². The van der Waals surface area contributed by atoms with Crippen LogP contribution in [-0.2, 0) is 36.2 Å². The zero-order valence-electron chi connectivity index (χ0n) is 28.0. The van der Waals surface area contributed by atoms with Crippen molar-refractivity contribution in [3.05, 3.63) is 157 Å². The second-order valence-corrected chi connectivity index (χ2v) is 21.5. The van der Waals surface area contributed by atoms with E-state index in [0.717, 1.165) is 12.8 Å². The number of hydrogen-bond acceptors (Lipinski definition) is 0. The molecule has 8 aromatic rings. The Labute approximate surface area is 313 Å². The fourth-order valence-electron chi connectivity index (χ4n) is 6.22. The van der Waals surface area contributed by atoms with E-state index >= 15 is 0 Å². The zero-order chi connectivity index (χ0) is 32.0. The molecule has 0 radical (unpaired) electrons. The van der Waals surface area contributed by atoms with Gasteiger partial charge >= 0.3 is 41.9 Å². The molecule has 0 amide bonds. The van der Waals surface area contributed by atoms with Crippen LogP contribution in [0.25, 0.3) is 65.3 Å². The van der Waals surface area contributed by atoms with E-state index in [4.69, 9.17) is 0 Å². The number of benzene rings is 6. The first-order chi connectivity index (χ1) is 22.4. The van der Waals surface area contributed by atoms with Crippen molar-refractivity contribution < 1.29 is 48.1 Å². The number of rotatable bonds is 4. The van der Waals surface area contributed by atoms with Crippen LogP contribution in [0.1, 0.15) is 25.0 Å². The maximum absolute atomic E-state index is 2.33. The molecule has 48 heavy (non-hydrogen) atoms. The van der Waals surface area contributed by atoms with Gasteiger partial charge in [0.2, 0.25) is 0 Å². The van der Waals surface area contributed by atoms with Crippen molar-refractivity contribution >= 4 is 48.5 Å². The molecule has 0 unspecified atom stereocenters. The van der Waals surface area contributed by atoms with Crippen molar-refractivity contribution in [2.75, 3.05) is 0 Å². The Morgan fingerprint density at radius 1 is 0.479 bits per heavy atom. The molecule has 0 saturated carbocycles. The molecule has 0 aliphatic rings. The SMILES string of the molecule is CCc1cc2c(-c3ccc4ccccc4c3)cccc2[cH-]1.CCc1cc2c(-c3ccc4ccccc4c3)cccc2[cH-]1.C[Si](C)=[Zr+2].[Cl-].[Cl-]. The van der Waals surface area contributed by atoms with Gasteiger partial charge in [-0.25, -0.2) is 0 Å². The average molecular weight is 759 g/mol. The molecule has 0 N–H and O–H groups in total. The van der Waals surface area contributed by atoms with Gasteiger partial charge in [-0.2, -0.15) is 12.1 Å². The van der Waals surface area contributed by atoms with Crippen LogP contribution >= 0.6 is 0 Å². The minimum atomic E-state index is 0. The third-order valence-electron chi connectivity index (χ3n) is 8.56. The maximum Gasteiger partial charge on any atom is -1.00 e. The van der Waals surface area contributed by atoms with Crippen molar-refractivity contribution in [2.45, 2.75) is 39.8 Å². The van der Waals surface area contributed by atoms with Crippen LogP contribution in [0.2, 0.25) is 13.1 Å². The van der Waals surface area contributed by atoms with Gasteiger partial charge in [0.1, 0.15) is 0 Å². The summed E-state index contributed by atoms with van der Waals surface area (Å²) in [4.78, 5) is 0. The van der Waals surface area contributed by atoms with E-state index in [0.29, 0.717) is 0 Å². The van der Waals surface area contributed by atoms with Crippen molar-refractivity contribution in [3.63, 3.8) is 0 Å². The van der Waals surface area contributed by atoms with E-state index in [1.165, 1.54) is 76.5 Å². The Morgan fingerprint density at radius 2 is 0.854 bits per heavy atom. The van der Waals surface area contributed by atoms with Crippen molar-refractivity contribution in [1.29, 1.82) is 0 Å². The van der Waals surface area contributed by atoms with E-state index < -0.39 is 0 Å². The van der Waals surface area contributed by atoms with Gasteiger partial charge in [-0.3, -0.25) is 0 Å². The molecule has 0 aromatic heterocycles. The van der Waals surface area contributed by atoms with Crippen LogP contribution in [0.15, 0.2) is 146 Å². The second-order valence-electron chi connectivity index (χ2n) is 12.2. The summed E-state index contributed by atoms with van der Waals surface area (Å²) in [5.74, 6) is 0. The topological polar surface area (TPSA) is 0 Å². The molecule has 0 bridgehead atoms. The van der Waals surface area contributed by atoms with Crippen LogP contribution in [0.3, 0.4) is 0 Å². The van der Waals surface area contributed by atoms with Crippen LogP contribution in [0, 0.1) is 0 Å². The molecular weight excluding hydrogens is 719 g/mol. The Hall–Kier alpha value is -3.26. The van der Waals surface area contributed by atoms with Gasteiger partial charge in [-0.05, 0) is 57.6 Å². The summed E-state index contributed by atoms with van der Waals surface area (Å²) < 4.78 is 0. The quantitative estimate of drug-likeness (QED) is 0.139. The van der Waals surface area contributed by atoms with Gasteiger partial charge < -0.3 is 24.8 Å². The molecule has 0 heterocycles. The molecule has 0 nitrogen and oxygen atoms in total. The largest absolute Gasteiger partial charge is 1.00 e. The summed E-state index contributed by atoms with van der Waals surface area (Å²) in [5.41, 5.74) is 8.30. The van der Waals surface area contributed by atoms with Crippen molar-refractivity contribution in [3.8, 4) is 22.3 Å². The van der Waals surface area contributed by atoms with Crippen LogP contribution in [0.4, 0.5) is 0 Å². The molecule has 0 aliphatic heterocycles. The number of fused-ring (bicyclic) bond motifs is 4. The fourth-order valence-corrected chi connectivity index (χ4v) is 6.22. The Bertz CT molecular complexity index is 2130. The molecule has 8 rings (SSSR count). The normalized spacial score (nSPS) is 10.5. The van der Waals surface area contributed by atoms with Gasteiger partial charge in [-0.15, -0.1) is 69.1 Å². The Morgan fingerprint density at radius 3 is 1.23 bits per heavy atom. The second kappa shape index (κ2) is 17.4. The third-order valence-corrected chi connectivity index (χ3v) is 8.56. The third kappa shape index (κ3) is 8.66. The molecule has 0 aliphatic carbocycles. The standard InChI is InChI=1S/2C21H17.C2H6Si.2ClH.Zr/c2*1-2-15-12-18-8-5-9-20(21(18)13-15)19-11-10-16-6-3-4-7-17(16)14-19;1-3-2;;;/h2*3-14H,2H2,1H3;1-2H3;2*1H;/q2*-1;;;;+2/p-2. The van der Waals surface area contributed by atoms with Gasteiger partial charge in [-0.1, -0.05) is 110 Å². The molecule has 0 atom stereocenters. The molecule has 8 aromatic carbocycles. The van der Waals surface area contributed by atoms with Gasteiger partial charge in [0, 0.05) is 0 Å². The van der Waals surface area contributed by atoms with E-state index in [-0.39, 0.29) is 30.2 Å². The Kier molecular flexibility index (Phi) is 13.6. The minimum absolute atomic E-state index is 0. The first-order valence-corrected chi connectivity index (χ1v) is 22.5. The fraction of sp³-hybridized carbons (Fsp3) is 0.136. The molecule has 0 fully saturated rings. The maximum atomic E-state index is 2.33. The molecule has 0 saturated heterocycles. The number of halogens is 2. The van der Waals surface area contributed by atoms with Crippen LogP contribution in [0.5, 0.6) is 0 Å². The predicted octanol–water partition coefficient (Wildman–Crippen LogP) is 6.67. The zero-order valence-corrected chi connectivity index (χ0v) is 33.0. The molecule has 240 valence electrons. The predicted molar refractivity (Wildman–Crippen MR) is 201 cm³/mol. The van der Waals surface area contributed by atoms with Gasteiger partial charge in [0.15, 0.2) is 0 Å². The average Bonchev–Trinajstić information content (AvgIpc) is 3.72. The summed E-state index contributed by atoms with van der Waals surface area (Å²) in [7, 11) is 0. The monoisotopic (exact) mass is 756 g/mol. The van der Waals surface area contributed by atoms with Gasteiger partial charge in [0.25, 0.3) is 0 Å². The Balaban J connectivity index is 0.000000188. The number of aryl methyl sites for hydroxylation is 2. The molecule has 0 spiro atoms. The summed E-state index contributed by atoms with van der Waals surface area (Å²) in [5, 5.41) is 10.6. The molecular formula is C44H40Cl2SiZr-2. The van der Waals surface area contributed by atoms with Crippen molar-refractivity contribution in [2.24, 2.45) is 0 Å². The first kappa shape index (κ1) is 37.6. The summed E-state index contributed by atoms with van der Waals surface area (Å²) in [6.07, 6.45) is 2.18. The smallest absolute Gasteiger partial charge is 1.00 e. The summed E-state index contributed by atoms with van der Waals surface area (Å²) in [6, 6.07) is 53.0. The summed E-state index contributed by atoms with van der Waals surface area (Å²) >= 11 is 1.74. The van der Waals surface area contributed by atoms with E-state index in [1.807, 2.05) is 0 Å². The minimum Gasteiger partial charge on any atom is -1.00 e. The van der Waals surface area contributed by atoms with Gasteiger partial charge in [0.05, 0.1) is 0 Å². The first-order valence-electron chi connectivity index (χ1n) is 16.3. The van der Waals surface area contributed by atoms with Crippen molar-refractivity contribution in [1.82, 2.24) is 0 Å². The van der Waals surface area contributed by atoms with E-state index in [1.54, 1.807) is 23.3 Å². The van der Waals surface area contributed by atoms with E-state index in [9.17, 15) is 0 Å². The molecule has 4 heteroatoms. The number of hydrogen-bond donors (Lipinski definition) is 0. The van der Waals surface area contributed by atoms with Crippen LogP contribution in [-0.4, -0.2) is 5.43 Å².